The molecule has 0 radical (unpaired) electrons. The molecule has 4 heteroatoms. The Kier molecular flexibility index (Phi) is 7.96. The van der Waals surface area contributed by atoms with Crippen LogP contribution in [0.3, 0.4) is 0 Å². The number of hydrogen-bond acceptors (Lipinski definition) is 4. The van der Waals surface area contributed by atoms with E-state index in [0.29, 0.717) is 30.6 Å². The second kappa shape index (κ2) is 9.46. The van der Waals surface area contributed by atoms with Gasteiger partial charge in [0.1, 0.15) is 0 Å². The highest BCUT2D eigenvalue weighted by Gasteiger charge is 2.23. The Morgan fingerprint density at radius 2 is 1.70 bits per heavy atom. The largest absolute Gasteiger partial charge is 0.466 e. The second-order valence-corrected chi connectivity index (χ2v) is 6.50. The highest BCUT2D eigenvalue weighted by Crippen LogP contribution is 2.16. The van der Waals surface area contributed by atoms with E-state index in [2.05, 4.69) is 33.0 Å². The first-order chi connectivity index (χ1) is 10.8. The van der Waals surface area contributed by atoms with Gasteiger partial charge in [0.15, 0.2) is 5.78 Å². The molecule has 0 spiro atoms. The van der Waals surface area contributed by atoms with E-state index in [-0.39, 0.29) is 18.2 Å². The predicted molar refractivity (Wildman–Crippen MR) is 92.7 cm³/mol. The molecule has 0 saturated heterocycles. The minimum atomic E-state index is -0.540. The summed E-state index contributed by atoms with van der Waals surface area (Å²) in [5, 5.41) is 3.19. The number of nitrogens with one attached hydrogen (secondary N) is 1. The van der Waals surface area contributed by atoms with Crippen LogP contribution in [-0.4, -0.2) is 30.9 Å². The summed E-state index contributed by atoms with van der Waals surface area (Å²) in [5.41, 5.74) is 1.82. The smallest absolute Gasteiger partial charge is 0.307 e. The number of ether oxygens (including phenoxy) is 1. The highest BCUT2D eigenvalue weighted by molar-refractivity contribution is 6.01. The summed E-state index contributed by atoms with van der Waals surface area (Å²) < 4.78 is 4.98. The average Bonchev–Trinajstić information content (AvgIpc) is 2.51. The van der Waals surface area contributed by atoms with Crippen LogP contribution in [0, 0.1) is 5.92 Å². The van der Waals surface area contributed by atoms with Crippen molar-refractivity contribution in [1.29, 1.82) is 0 Å². The molecule has 0 bridgehead atoms. The molecule has 1 aromatic carbocycles. The van der Waals surface area contributed by atoms with E-state index in [1.807, 2.05) is 24.3 Å². The van der Waals surface area contributed by atoms with Gasteiger partial charge in [-0.15, -0.1) is 0 Å². The molecule has 1 rings (SSSR count). The van der Waals surface area contributed by atoms with Gasteiger partial charge in [-0.05, 0) is 30.9 Å². The maximum Gasteiger partial charge on any atom is 0.307 e. The van der Waals surface area contributed by atoms with Gasteiger partial charge in [0.25, 0.3) is 0 Å². The van der Waals surface area contributed by atoms with Gasteiger partial charge in [0, 0.05) is 5.56 Å². The molecule has 0 heterocycles. The van der Waals surface area contributed by atoms with Crippen LogP contribution >= 0.6 is 0 Å². The van der Waals surface area contributed by atoms with Gasteiger partial charge in [0.05, 0.1) is 19.1 Å². The van der Waals surface area contributed by atoms with Crippen molar-refractivity contribution < 1.29 is 14.3 Å². The van der Waals surface area contributed by atoms with Gasteiger partial charge in [-0.1, -0.05) is 52.0 Å². The van der Waals surface area contributed by atoms with Crippen LogP contribution in [0.4, 0.5) is 0 Å². The number of benzene rings is 1. The Bertz CT molecular complexity index is 506. The molecular formula is C19H29NO3. The van der Waals surface area contributed by atoms with Gasteiger partial charge >= 0.3 is 5.97 Å². The van der Waals surface area contributed by atoms with Crippen molar-refractivity contribution in [1.82, 2.24) is 5.32 Å². The number of rotatable bonds is 9. The first-order valence-electron chi connectivity index (χ1n) is 8.38. The van der Waals surface area contributed by atoms with Crippen molar-refractivity contribution in [2.24, 2.45) is 5.92 Å². The molecule has 4 nitrogen and oxygen atoms in total. The lowest BCUT2D eigenvalue weighted by Gasteiger charge is -2.18. The van der Waals surface area contributed by atoms with Gasteiger partial charge in [-0.3, -0.25) is 9.59 Å². The molecular weight excluding hydrogens is 290 g/mol. The fourth-order valence-electron chi connectivity index (χ4n) is 2.26. The third kappa shape index (κ3) is 6.53. The van der Waals surface area contributed by atoms with Crippen LogP contribution < -0.4 is 5.32 Å². The summed E-state index contributed by atoms with van der Waals surface area (Å²) in [7, 11) is 0. The third-order valence-corrected chi connectivity index (χ3v) is 3.63. The molecule has 0 saturated carbocycles. The van der Waals surface area contributed by atoms with E-state index >= 15 is 0 Å². The number of ketones is 1. The second-order valence-electron chi connectivity index (χ2n) is 6.50. The van der Waals surface area contributed by atoms with Crippen LogP contribution in [-0.2, 0) is 9.53 Å². The van der Waals surface area contributed by atoms with Crippen molar-refractivity contribution in [3.8, 4) is 0 Å². The van der Waals surface area contributed by atoms with Crippen LogP contribution in [0.15, 0.2) is 24.3 Å². The fraction of sp³-hybridized carbons (Fsp3) is 0.579. The molecule has 0 aliphatic heterocycles. The molecule has 23 heavy (non-hydrogen) atoms. The standard InChI is InChI=1S/C19H29NO3/c1-6-23-18(21)11-17(20-12-13(2)3)19(22)16-9-7-15(8-10-16)14(4)5/h7-10,13-14,17,20H,6,11-12H2,1-5H3. The van der Waals surface area contributed by atoms with Crippen LogP contribution in [0.25, 0.3) is 0 Å². The lowest BCUT2D eigenvalue weighted by molar-refractivity contribution is -0.143. The Morgan fingerprint density at radius 3 is 2.17 bits per heavy atom. The topological polar surface area (TPSA) is 55.4 Å². The summed E-state index contributed by atoms with van der Waals surface area (Å²) in [4.78, 5) is 24.5. The fourth-order valence-corrected chi connectivity index (χ4v) is 2.26. The van der Waals surface area contributed by atoms with Gasteiger partial charge < -0.3 is 10.1 Å². The normalized spacial score (nSPS) is 12.5. The number of hydrogen-bond donors (Lipinski definition) is 1. The van der Waals surface area contributed by atoms with Gasteiger partial charge in [-0.2, -0.15) is 0 Å². The summed E-state index contributed by atoms with van der Waals surface area (Å²) in [5.74, 6) is 0.416. The van der Waals surface area contributed by atoms with Crippen LogP contribution in [0.5, 0.6) is 0 Å². The molecule has 0 aliphatic carbocycles. The summed E-state index contributed by atoms with van der Waals surface area (Å²) in [6.07, 6.45) is 0.0608. The number of carbonyl (C=O) groups is 2. The minimum Gasteiger partial charge on any atom is -0.466 e. The monoisotopic (exact) mass is 319 g/mol. The molecule has 0 aromatic heterocycles. The maximum absolute atomic E-state index is 12.7. The Morgan fingerprint density at radius 1 is 1.09 bits per heavy atom. The highest BCUT2D eigenvalue weighted by atomic mass is 16.5. The van der Waals surface area contributed by atoms with Gasteiger partial charge in [-0.25, -0.2) is 0 Å². The van der Waals surface area contributed by atoms with E-state index in [4.69, 9.17) is 4.74 Å². The third-order valence-electron chi connectivity index (χ3n) is 3.63. The Labute approximate surface area is 139 Å². The summed E-state index contributed by atoms with van der Waals surface area (Å²) >= 11 is 0. The van der Waals surface area contributed by atoms with Crippen molar-refractivity contribution in [3.05, 3.63) is 35.4 Å². The lowest BCUT2D eigenvalue weighted by atomic mass is 9.97. The molecule has 1 N–H and O–H groups in total. The minimum absolute atomic E-state index is 0.0608. The zero-order valence-corrected chi connectivity index (χ0v) is 14.9. The average molecular weight is 319 g/mol. The van der Waals surface area contributed by atoms with Crippen molar-refractivity contribution in [2.75, 3.05) is 13.2 Å². The molecule has 1 atom stereocenters. The zero-order chi connectivity index (χ0) is 17.4. The van der Waals surface area contributed by atoms with E-state index in [9.17, 15) is 9.59 Å². The lowest BCUT2D eigenvalue weighted by Crippen LogP contribution is -2.40. The quantitative estimate of drug-likeness (QED) is 0.558. The number of Topliss-reactive ketones (excluding diaryl/α,β-unsaturated/α-hetero) is 1. The molecule has 1 unspecified atom stereocenters. The van der Waals surface area contributed by atoms with E-state index in [1.54, 1.807) is 6.92 Å². The Balaban J connectivity index is 2.85. The molecule has 128 valence electrons. The number of esters is 1. The first-order valence-corrected chi connectivity index (χ1v) is 8.38. The SMILES string of the molecule is CCOC(=O)CC(NCC(C)C)C(=O)c1ccc(C(C)C)cc1. The maximum atomic E-state index is 12.7. The zero-order valence-electron chi connectivity index (χ0n) is 14.9. The molecule has 0 amide bonds. The van der Waals surface area contributed by atoms with E-state index < -0.39 is 6.04 Å². The molecule has 0 fully saturated rings. The van der Waals surface area contributed by atoms with Crippen molar-refractivity contribution in [2.45, 2.75) is 53.0 Å². The Hall–Kier alpha value is -1.68. The van der Waals surface area contributed by atoms with Crippen molar-refractivity contribution >= 4 is 11.8 Å². The van der Waals surface area contributed by atoms with E-state index in [1.165, 1.54) is 5.56 Å². The molecule has 0 aliphatic rings. The van der Waals surface area contributed by atoms with Crippen molar-refractivity contribution in [3.63, 3.8) is 0 Å². The van der Waals surface area contributed by atoms with Gasteiger partial charge in [0.2, 0.25) is 0 Å². The van der Waals surface area contributed by atoms with Crippen LogP contribution in [0.1, 0.15) is 62.9 Å². The first kappa shape index (κ1) is 19.4. The number of carbonyl (C=O) groups excluding carboxylic acids is 2. The summed E-state index contributed by atoms with van der Waals surface area (Å²) in [6, 6.07) is 7.09. The molecule has 1 aromatic rings. The predicted octanol–water partition coefficient (Wildman–Crippen LogP) is 3.56. The summed E-state index contributed by atoms with van der Waals surface area (Å²) in [6.45, 7) is 11.1. The van der Waals surface area contributed by atoms with E-state index in [0.717, 1.165) is 0 Å². The van der Waals surface area contributed by atoms with Crippen LogP contribution in [0.2, 0.25) is 0 Å².